The van der Waals surface area contributed by atoms with E-state index in [9.17, 15) is 9.59 Å². The number of nitrogens with zero attached hydrogens (tertiary/aromatic N) is 4. The van der Waals surface area contributed by atoms with Crippen LogP contribution in [0.4, 0.5) is 10.5 Å². The molecule has 3 heterocycles. The minimum absolute atomic E-state index is 0.0618. The number of pyridine rings is 1. The van der Waals surface area contributed by atoms with Gasteiger partial charge in [-0.3, -0.25) is 9.78 Å². The standard InChI is InChI=1S/C24H36N6O2S/c1-18(2)27-24(32)30(8-4-7-29-11-9-28(3)10-12-29)15-19-5-6-22(26-14-19)23(31)13-20-16-33-17-21(20)25/h5-6,14,16-18H,4,7-13,15,25H2,1-3H3,(H,27,32). The molecule has 0 aliphatic carbocycles. The molecule has 180 valence electrons. The third kappa shape index (κ3) is 7.80. The molecule has 1 fully saturated rings. The number of urea groups is 1. The Morgan fingerprint density at radius 1 is 1.21 bits per heavy atom. The molecule has 1 aliphatic heterocycles. The molecule has 3 rings (SSSR count). The van der Waals surface area contributed by atoms with Gasteiger partial charge in [0, 0.05) is 69.0 Å². The van der Waals surface area contributed by atoms with E-state index >= 15 is 0 Å². The van der Waals surface area contributed by atoms with Crippen molar-refractivity contribution in [3.63, 3.8) is 0 Å². The van der Waals surface area contributed by atoms with Gasteiger partial charge in [0.1, 0.15) is 5.69 Å². The van der Waals surface area contributed by atoms with E-state index in [1.807, 2.05) is 35.6 Å². The second-order valence-electron chi connectivity index (χ2n) is 9.03. The number of Topliss-reactive ketones (excluding diaryl/α,β-unsaturated/α-hetero) is 1. The molecule has 33 heavy (non-hydrogen) atoms. The first-order valence-electron chi connectivity index (χ1n) is 11.6. The highest BCUT2D eigenvalue weighted by Gasteiger charge is 2.18. The molecular formula is C24H36N6O2S. The molecule has 0 atom stereocenters. The first kappa shape index (κ1) is 25.1. The lowest BCUT2D eigenvalue weighted by Crippen LogP contribution is -2.46. The summed E-state index contributed by atoms with van der Waals surface area (Å²) in [5, 5.41) is 6.73. The fraction of sp³-hybridized carbons (Fsp3) is 0.542. The number of rotatable bonds is 10. The van der Waals surface area contributed by atoms with Gasteiger partial charge >= 0.3 is 6.03 Å². The number of nitrogen functional groups attached to an aromatic ring is 1. The third-order valence-corrected chi connectivity index (χ3v) is 6.62. The molecule has 0 bridgehead atoms. The largest absolute Gasteiger partial charge is 0.398 e. The van der Waals surface area contributed by atoms with Gasteiger partial charge < -0.3 is 25.8 Å². The molecule has 0 spiro atoms. The Morgan fingerprint density at radius 2 is 1.97 bits per heavy atom. The van der Waals surface area contributed by atoms with Crippen LogP contribution in [0.5, 0.6) is 0 Å². The number of amides is 2. The molecule has 3 N–H and O–H groups in total. The average molecular weight is 473 g/mol. The molecular weight excluding hydrogens is 436 g/mol. The molecule has 1 aliphatic rings. The van der Waals surface area contributed by atoms with E-state index in [0.29, 0.717) is 24.5 Å². The molecule has 0 radical (unpaired) electrons. The Balaban J connectivity index is 1.57. The van der Waals surface area contributed by atoms with Crippen molar-refractivity contribution in [1.82, 2.24) is 25.0 Å². The fourth-order valence-electron chi connectivity index (χ4n) is 3.79. The summed E-state index contributed by atoms with van der Waals surface area (Å²) < 4.78 is 0. The van der Waals surface area contributed by atoms with Crippen molar-refractivity contribution in [2.75, 3.05) is 52.0 Å². The highest BCUT2D eigenvalue weighted by molar-refractivity contribution is 7.08. The lowest BCUT2D eigenvalue weighted by molar-refractivity contribution is 0.0988. The minimum Gasteiger partial charge on any atom is -0.398 e. The molecule has 2 aromatic rings. The zero-order valence-corrected chi connectivity index (χ0v) is 20.7. The first-order chi connectivity index (χ1) is 15.8. The van der Waals surface area contributed by atoms with E-state index in [1.54, 1.807) is 12.3 Å². The molecule has 1 saturated heterocycles. The maximum Gasteiger partial charge on any atom is 0.317 e. The zero-order chi connectivity index (χ0) is 23.8. The maximum atomic E-state index is 12.8. The summed E-state index contributed by atoms with van der Waals surface area (Å²) >= 11 is 1.49. The predicted octanol–water partition coefficient (Wildman–Crippen LogP) is 2.71. The number of piperazine rings is 1. The van der Waals surface area contributed by atoms with Crippen molar-refractivity contribution in [1.29, 1.82) is 0 Å². The quantitative estimate of drug-likeness (QED) is 0.517. The van der Waals surface area contributed by atoms with Crippen molar-refractivity contribution in [3.05, 3.63) is 45.9 Å². The SMILES string of the molecule is CC(C)NC(=O)N(CCCN1CCN(C)CC1)Cc1ccc(C(=O)Cc2cscc2N)nc1. The number of hydrogen-bond donors (Lipinski definition) is 2. The van der Waals surface area contributed by atoms with E-state index < -0.39 is 0 Å². The molecule has 2 aromatic heterocycles. The van der Waals surface area contributed by atoms with E-state index in [2.05, 4.69) is 27.1 Å². The molecule has 0 saturated carbocycles. The Labute approximate surface area is 200 Å². The van der Waals surface area contributed by atoms with E-state index in [4.69, 9.17) is 5.73 Å². The Kier molecular flexibility index (Phi) is 9.22. The van der Waals surface area contributed by atoms with Crippen molar-refractivity contribution >= 4 is 28.8 Å². The number of nitrogens with two attached hydrogens (primary N) is 1. The summed E-state index contributed by atoms with van der Waals surface area (Å²) in [5.41, 5.74) is 8.70. The number of likely N-dealkylation sites (N-methyl/N-ethyl adjacent to an activating group) is 1. The highest BCUT2D eigenvalue weighted by Crippen LogP contribution is 2.19. The summed E-state index contributed by atoms with van der Waals surface area (Å²) in [5.74, 6) is -0.0618. The van der Waals surface area contributed by atoms with Crippen molar-refractivity contribution in [3.8, 4) is 0 Å². The van der Waals surface area contributed by atoms with Gasteiger partial charge in [-0.25, -0.2) is 4.79 Å². The highest BCUT2D eigenvalue weighted by atomic mass is 32.1. The average Bonchev–Trinajstić information content (AvgIpc) is 3.18. The molecule has 9 heteroatoms. The van der Waals surface area contributed by atoms with Crippen molar-refractivity contribution in [2.24, 2.45) is 0 Å². The van der Waals surface area contributed by atoms with Crippen LogP contribution in [0.3, 0.4) is 0 Å². The van der Waals surface area contributed by atoms with Crippen LogP contribution in [-0.4, -0.2) is 83.9 Å². The van der Waals surface area contributed by atoms with E-state index in [0.717, 1.165) is 50.3 Å². The summed E-state index contributed by atoms with van der Waals surface area (Å²) in [6.07, 6.45) is 2.86. The van der Waals surface area contributed by atoms with Gasteiger partial charge in [-0.2, -0.15) is 0 Å². The lowest BCUT2D eigenvalue weighted by atomic mass is 10.1. The van der Waals surface area contributed by atoms with Gasteiger partial charge in [0.15, 0.2) is 5.78 Å². The van der Waals surface area contributed by atoms with Crippen LogP contribution in [0.15, 0.2) is 29.1 Å². The smallest absolute Gasteiger partial charge is 0.317 e. The molecule has 2 amide bonds. The number of thiophene rings is 1. The fourth-order valence-corrected chi connectivity index (χ4v) is 4.54. The zero-order valence-electron chi connectivity index (χ0n) is 19.9. The number of ketones is 1. The van der Waals surface area contributed by atoms with Crippen LogP contribution < -0.4 is 11.1 Å². The summed E-state index contributed by atoms with van der Waals surface area (Å²) in [7, 11) is 2.15. The van der Waals surface area contributed by atoms with Crippen molar-refractivity contribution in [2.45, 2.75) is 39.3 Å². The predicted molar refractivity (Wildman–Crippen MR) is 134 cm³/mol. The summed E-state index contributed by atoms with van der Waals surface area (Å²) in [6, 6.07) is 3.62. The van der Waals surface area contributed by atoms with Crippen molar-refractivity contribution < 1.29 is 9.59 Å². The third-order valence-electron chi connectivity index (χ3n) is 5.81. The van der Waals surface area contributed by atoms with Crippen LogP contribution in [0.25, 0.3) is 0 Å². The van der Waals surface area contributed by atoms with Gasteiger partial charge in [0.05, 0.1) is 0 Å². The van der Waals surface area contributed by atoms with Crippen LogP contribution in [0, 0.1) is 0 Å². The molecule has 8 nitrogen and oxygen atoms in total. The Morgan fingerprint density at radius 3 is 2.58 bits per heavy atom. The van der Waals surface area contributed by atoms with E-state index in [-0.39, 0.29) is 24.3 Å². The number of hydrogen-bond acceptors (Lipinski definition) is 7. The van der Waals surface area contributed by atoms with Gasteiger partial charge in [-0.05, 0) is 56.4 Å². The number of carbonyl (C=O) groups is 2. The van der Waals surface area contributed by atoms with E-state index in [1.165, 1.54) is 11.3 Å². The van der Waals surface area contributed by atoms with Gasteiger partial charge in [-0.15, -0.1) is 11.3 Å². The maximum absolute atomic E-state index is 12.8. The van der Waals surface area contributed by atoms with Gasteiger partial charge in [-0.1, -0.05) is 6.07 Å². The van der Waals surface area contributed by atoms with Crippen LogP contribution in [0.1, 0.15) is 41.9 Å². The van der Waals surface area contributed by atoms with Gasteiger partial charge in [0.25, 0.3) is 0 Å². The summed E-state index contributed by atoms with van der Waals surface area (Å²) in [6.45, 7) is 10.4. The number of anilines is 1. The molecule has 0 aromatic carbocycles. The van der Waals surface area contributed by atoms with Crippen LogP contribution in [0.2, 0.25) is 0 Å². The Bertz CT molecular complexity index is 906. The van der Waals surface area contributed by atoms with Gasteiger partial charge in [0.2, 0.25) is 0 Å². The van der Waals surface area contributed by atoms with Crippen LogP contribution in [-0.2, 0) is 13.0 Å². The topological polar surface area (TPSA) is 94.8 Å². The normalized spacial score (nSPS) is 15.0. The number of aromatic nitrogens is 1. The first-order valence-corrected chi connectivity index (χ1v) is 12.5. The summed E-state index contributed by atoms with van der Waals surface area (Å²) in [4.78, 5) is 36.3. The Hall–Kier alpha value is -2.49. The lowest BCUT2D eigenvalue weighted by Gasteiger charge is -2.33. The monoisotopic (exact) mass is 472 g/mol. The van der Waals surface area contributed by atoms with Crippen LogP contribution >= 0.6 is 11.3 Å². The molecule has 0 unspecified atom stereocenters. The number of carbonyl (C=O) groups excluding carboxylic acids is 2. The minimum atomic E-state index is -0.0727. The second-order valence-corrected chi connectivity index (χ2v) is 9.77. The number of nitrogens with one attached hydrogen (secondary N) is 1. The second kappa shape index (κ2) is 12.1.